The maximum atomic E-state index is 6.26. The summed E-state index contributed by atoms with van der Waals surface area (Å²) in [6, 6.07) is 0.628. The van der Waals surface area contributed by atoms with E-state index in [0.29, 0.717) is 6.04 Å². The Morgan fingerprint density at radius 3 is 2.61 bits per heavy atom. The van der Waals surface area contributed by atoms with Crippen molar-refractivity contribution in [1.82, 2.24) is 20.0 Å². The second-order valence-corrected chi connectivity index (χ2v) is 5.96. The standard InChI is InChI=1S/C13H21ClN4/c1-9-11(13(14)17(2)16-9)7-15-12-8-18-5-3-10(12)4-6-18/h10,12,15H,3-8H2,1-2H3. The van der Waals surface area contributed by atoms with Gasteiger partial charge in [0.1, 0.15) is 5.15 Å². The number of nitrogens with one attached hydrogen (secondary N) is 1. The summed E-state index contributed by atoms with van der Waals surface area (Å²) in [5, 5.41) is 8.81. The highest BCUT2D eigenvalue weighted by Crippen LogP contribution is 2.28. The quantitative estimate of drug-likeness (QED) is 0.903. The van der Waals surface area contributed by atoms with Gasteiger partial charge in [-0.1, -0.05) is 11.6 Å². The SMILES string of the molecule is Cc1nn(C)c(Cl)c1CNC1CN2CCC1CC2. The number of rotatable bonds is 3. The Morgan fingerprint density at radius 1 is 1.39 bits per heavy atom. The fourth-order valence-electron chi connectivity index (χ4n) is 3.30. The molecule has 4 heterocycles. The molecule has 3 aliphatic heterocycles. The van der Waals surface area contributed by atoms with Crippen LogP contribution in [0.1, 0.15) is 24.1 Å². The van der Waals surface area contributed by atoms with Crippen molar-refractivity contribution in [3.8, 4) is 0 Å². The molecular formula is C13H21ClN4. The highest BCUT2D eigenvalue weighted by atomic mass is 35.5. The Labute approximate surface area is 113 Å². The first-order valence-corrected chi connectivity index (χ1v) is 7.16. The molecule has 2 bridgehead atoms. The van der Waals surface area contributed by atoms with Crippen molar-refractivity contribution in [3.05, 3.63) is 16.4 Å². The third-order valence-corrected chi connectivity index (χ3v) is 4.94. The molecule has 100 valence electrons. The maximum absolute atomic E-state index is 6.26. The predicted octanol–water partition coefficient (Wildman–Crippen LogP) is 1.57. The van der Waals surface area contributed by atoms with Crippen molar-refractivity contribution < 1.29 is 0 Å². The normalized spacial score (nSPS) is 30.9. The van der Waals surface area contributed by atoms with E-state index in [1.807, 2.05) is 14.0 Å². The van der Waals surface area contributed by atoms with Gasteiger partial charge in [-0.15, -0.1) is 0 Å². The molecule has 3 aliphatic rings. The molecule has 0 amide bonds. The third kappa shape index (κ3) is 2.17. The number of aryl methyl sites for hydroxylation is 2. The van der Waals surface area contributed by atoms with Crippen LogP contribution in [0, 0.1) is 12.8 Å². The molecule has 0 aliphatic carbocycles. The summed E-state index contributed by atoms with van der Waals surface area (Å²) < 4.78 is 1.75. The molecule has 5 heteroatoms. The van der Waals surface area contributed by atoms with Crippen molar-refractivity contribution in [3.63, 3.8) is 0 Å². The largest absolute Gasteiger partial charge is 0.308 e. The highest BCUT2D eigenvalue weighted by Gasteiger charge is 2.33. The zero-order valence-electron chi connectivity index (χ0n) is 11.1. The molecule has 0 saturated carbocycles. The van der Waals surface area contributed by atoms with Gasteiger partial charge in [0.15, 0.2) is 0 Å². The van der Waals surface area contributed by atoms with Crippen molar-refractivity contribution in [2.45, 2.75) is 32.4 Å². The zero-order chi connectivity index (χ0) is 12.7. The molecule has 0 spiro atoms. The van der Waals surface area contributed by atoms with Crippen LogP contribution in [-0.4, -0.2) is 40.4 Å². The van der Waals surface area contributed by atoms with Gasteiger partial charge in [0.05, 0.1) is 5.69 Å². The molecule has 1 aromatic heterocycles. The Hall–Kier alpha value is -0.580. The van der Waals surface area contributed by atoms with Gasteiger partial charge in [-0.3, -0.25) is 4.68 Å². The minimum atomic E-state index is 0.628. The smallest absolute Gasteiger partial charge is 0.131 e. The minimum absolute atomic E-state index is 0.628. The van der Waals surface area contributed by atoms with Gasteiger partial charge in [-0.2, -0.15) is 5.10 Å². The van der Waals surface area contributed by atoms with Gasteiger partial charge in [0.2, 0.25) is 0 Å². The van der Waals surface area contributed by atoms with Crippen LogP contribution in [0.2, 0.25) is 5.15 Å². The van der Waals surface area contributed by atoms with Crippen LogP contribution in [0.3, 0.4) is 0 Å². The van der Waals surface area contributed by atoms with E-state index >= 15 is 0 Å². The van der Waals surface area contributed by atoms with Crippen molar-refractivity contribution >= 4 is 11.6 Å². The van der Waals surface area contributed by atoms with E-state index in [4.69, 9.17) is 11.6 Å². The van der Waals surface area contributed by atoms with E-state index in [-0.39, 0.29) is 0 Å². The van der Waals surface area contributed by atoms with Crippen LogP contribution >= 0.6 is 11.6 Å². The second kappa shape index (κ2) is 4.83. The maximum Gasteiger partial charge on any atom is 0.131 e. The number of aromatic nitrogens is 2. The summed E-state index contributed by atoms with van der Waals surface area (Å²) >= 11 is 6.26. The van der Waals surface area contributed by atoms with Crippen molar-refractivity contribution in [2.24, 2.45) is 13.0 Å². The Bertz CT molecular complexity index is 434. The summed E-state index contributed by atoms with van der Waals surface area (Å²) in [6.45, 7) is 6.64. The molecule has 1 unspecified atom stereocenters. The van der Waals surface area contributed by atoms with Crippen molar-refractivity contribution in [2.75, 3.05) is 19.6 Å². The molecule has 1 atom stereocenters. The molecular weight excluding hydrogens is 248 g/mol. The van der Waals surface area contributed by atoms with Crippen LogP contribution < -0.4 is 5.32 Å². The lowest BCUT2D eigenvalue weighted by Gasteiger charge is -2.45. The summed E-state index contributed by atoms with van der Waals surface area (Å²) in [4.78, 5) is 2.56. The third-order valence-electron chi connectivity index (χ3n) is 4.47. The van der Waals surface area contributed by atoms with Gasteiger partial charge in [-0.05, 0) is 38.8 Å². The van der Waals surface area contributed by atoms with E-state index in [9.17, 15) is 0 Å². The van der Waals surface area contributed by atoms with Gasteiger partial charge in [-0.25, -0.2) is 0 Å². The van der Waals surface area contributed by atoms with Crippen LogP contribution in [0.4, 0.5) is 0 Å². The first-order chi connectivity index (χ1) is 8.65. The molecule has 0 radical (unpaired) electrons. The Balaban J connectivity index is 1.64. The number of halogens is 1. The monoisotopic (exact) mass is 268 g/mol. The second-order valence-electron chi connectivity index (χ2n) is 5.60. The summed E-state index contributed by atoms with van der Waals surface area (Å²) in [5.74, 6) is 0.853. The van der Waals surface area contributed by atoms with Crippen LogP contribution in [0.15, 0.2) is 0 Å². The van der Waals surface area contributed by atoms with Gasteiger partial charge < -0.3 is 10.2 Å². The average Bonchev–Trinajstić information content (AvgIpc) is 2.63. The Kier molecular flexibility index (Phi) is 3.34. The Morgan fingerprint density at radius 2 is 2.11 bits per heavy atom. The highest BCUT2D eigenvalue weighted by molar-refractivity contribution is 6.30. The zero-order valence-corrected chi connectivity index (χ0v) is 11.9. The van der Waals surface area contributed by atoms with Crippen LogP contribution in [-0.2, 0) is 13.6 Å². The van der Waals surface area contributed by atoms with Gasteiger partial charge in [0.25, 0.3) is 0 Å². The summed E-state index contributed by atoms with van der Waals surface area (Å²) in [7, 11) is 1.90. The van der Waals surface area contributed by atoms with E-state index in [1.54, 1.807) is 4.68 Å². The summed E-state index contributed by atoms with van der Waals surface area (Å²) in [5.41, 5.74) is 2.19. The fraction of sp³-hybridized carbons (Fsp3) is 0.769. The number of hydrogen-bond donors (Lipinski definition) is 1. The van der Waals surface area contributed by atoms with Crippen LogP contribution in [0.5, 0.6) is 0 Å². The first-order valence-electron chi connectivity index (χ1n) is 6.79. The molecule has 4 rings (SSSR count). The number of fused-ring (bicyclic) bond motifs is 3. The van der Waals surface area contributed by atoms with E-state index in [1.165, 1.54) is 32.5 Å². The topological polar surface area (TPSA) is 33.1 Å². The predicted molar refractivity (Wildman–Crippen MR) is 72.7 cm³/mol. The fourth-order valence-corrected chi connectivity index (χ4v) is 3.55. The molecule has 1 N–H and O–H groups in total. The van der Waals surface area contributed by atoms with E-state index in [0.717, 1.165) is 28.9 Å². The first kappa shape index (κ1) is 12.5. The van der Waals surface area contributed by atoms with E-state index < -0.39 is 0 Å². The molecule has 3 fully saturated rings. The van der Waals surface area contributed by atoms with Gasteiger partial charge in [0, 0.05) is 31.7 Å². The number of nitrogens with zero attached hydrogens (tertiary/aromatic N) is 3. The van der Waals surface area contributed by atoms with Gasteiger partial charge >= 0.3 is 0 Å². The lowest BCUT2D eigenvalue weighted by Crippen LogP contribution is -2.55. The van der Waals surface area contributed by atoms with E-state index in [2.05, 4.69) is 15.3 Å². The van der Waals surface area contributed by atoms with Crippen LogP contribution in [0.25, 0.3) is 0 Å². The minimum Gasteiger partial charge on any atom is -0.308 e. The molecule has 1 aromatic rings. The lowest BCUT2D eigenvalue weighted by molar-refractivity contribution is 0.0720. The molecule has 4 nitrogen and oxygen atoms in total. The number of piperidine rings is 3. The average molecular weight is 269 g/mol. The molecule has 18 heavy (non-hydrogen) atoms. The lowest BCUT2D eigenvalue weighted by atomic mass is 9.84. The molecule has 0 aromatic carbocycles. The summed E-state index contributed by atoms with van der Waals surface area (Å²) in [6.07, 6.45) is 2.69. The molecule has 3 saturated heterocycles. The number of hydrogen-bond acceptors (Lipinski definition) is 3. The van der Waals surface area contributed by atoms with Crippen molar-refractivity contribution in [1.29, 1.82) is 0 Å².